The second kappa shape index (κ2) is 4.75. The minimum atomic E-state index is 0.956. The van der Waals surface area contributed by atoms with Crippen LogP contribution in [0.5, 0.6) is 0 Å². The predicted molar refractivity (Wildman–Crippen MR) is 72.3 cm³/mol. The summed E-state index contributed by atoms with van der Waals surface area (Å²) in [4.78, 5) is 0. The van der Waals surface area contributed by atoms with Gasteiger partial charge in [0.2, 0.25) is 0 Å². The van der Waals surface area contributed by atoms with Crippen molar-refractivity contribution >= 4 is 21.9 Å². The molecule has 0 radical (unpaired) electrons. The Labute approximate surface area is 104 Å². The van der Waals surface area contributed by atoms with Gasteiger partial charge in [-0.2, -0.15) is 5.10 Å². The normalized spacial score (nSPS) is 10.2. The zero-order valence-electron chi connectivity index (χ0n) is 9.71. The van der Waals surface area contributed by atoms with Gasteiger partial charge in [0.25, 0.3) is 0 Å². The molecule has 3 heteroatoms. The summed E-state index contributed by atoms with van der Waals surface area (Å²) in [5, 5.41) is 9.07. The number of aromatic amines is 1. The largest absolute Gasteiger partial charge is 0.464 e. The first-order valence-electron chi connectivity index (χ1n) is 5.74. The molecule has 0 fully saturated rings. The van der Waals surface area contributed by atoms with Crippen molar-refractivity contribution < 1.29 is 4.42 Å². The Balaban J connectivity index is 0.000000111. The van der Waals surface area contributed by atoms with Crippen LogP contribution in [0.2, 0.25) is 0 Å². The standard InChI is InChI=1S/C8H6O.C7H6N2/c1-2-4-8-7(3-1)5-6-9-8;1-2-4-7-6(3-1)5-8-9-7/h1-6H;1-5H,(H,8,9). The molecule has 18 heavy (non-hydrogen) atoms. The van der Waals surface area contributed by atoms with Gasteiger partial charge in [-0.15, -0.1) is 0 Å². The monoisotopic (exact) mass is 236 g/mol. The number of nitrogens with one attached hydrogen (secondary N) is 1. The fraction of sp³-hybridized carbons (Fsp3) is 0. The molecule has 4 aromatic rings. The molecule has 0 saturated heterocycles. The minimum Gasteiger partial charge on any atom is -0.464 e. The van der Waals surface area contributed by atoms with E-state index >= 15 is 0 Å². The lowest BCUT2D eigenvalue weighted by Crippen LogP contribution is -1.63. The van der Waals surface area contributed by atoms with Crippen LogP contribution in [0.1, 0.15) is 0 Å². The second-order valence-corrected chi connectivity index (χ2v) is 3.92. The van der Waals surface area contributed by atoms with Crippen LogP contribution < -0.4 is 0 Å². The lowest BCUT2D eigenvalue weighted by atomic mass is 10.3. The number of aromatic nitrogens is 2. The van der Waals surface area contributed by atoms with Gasteiger partial charge in [-0.1, -0.05) is 36.4 Å². The molecule has 0 unspecified atom stereocenters. The van der Waals surface area contributed by atoms with Crippen molar-refractivity contribution in [1.29, 1.82) is 0 Å². The smallest absolute Gasteiger partial charge is 0.133 e. The molecule has 0 spiro atoms. The van der Waals surface area contributed by atoms with Crippen LogP contribution >= 0.6 is 0 Å². The number of para-hydroxylation sites is 2. The van der Waals surface area contributed by atoms with Crippen molar-refractivity contribution in [3.05, 3.63) is 67.1 Å². The summed E-state index contributed by atoms with van der Waals surface area (Å²) in [7, 11) is 0. The molecule has 0 saturated carbocycles. The number of fused-ring (bicyclic) bond motifs is 2. The van der Waals surface area contributed by atoms with E-state index in [1.54, 1.807) is 6.26 Å². The molecule has 2 aromatic carbocycles. The van der Waals surface area contributed by atoms with E-state index in [2.05, 4.69) is 10.2 Å². The Hall–Kier alpha value is -2.55. The van der Waals surface area contributed by atoms with Gasteiger partial charge in [0.15, 0.2) is 0 Å². The molecule has 0 amide bonds. The number of furan rings is 1. The van der Waals surface area contributed by atoms with Crippen LogP contribution in [0.25, 0.3) is 21.9 Å². The van der Waals surface area contributed by atoms with Crippen molar-refractivity contribution in [3.63, 3.8) is 0 Å². The highest BCUT2D eigenvalue weighted by Crippen LogP contribution is 2.12. The average Bonchev–Trinajstić information content (AvgIpc) is 3.08. The highest BCUT2D eigenvalue weighted by molar-refractivity contribution is 5.77. The van der Waals surface area contributed by atoms with Gasteiger partial charge in [-0.25, -0.2) is 0 Å². The van der Waals surface area contributed by atoms with E-state index in [4.69, 9.17) is 4.42 Å². The maximum Gasteiger partial charge on any atom is 0.133 e. The summed E-state index contributed by atoms with van der Waals surface area (Å²) < 4.78 is 5.12. The van der Waals surface area contributed by atoms with Crippen molar-refractivity contribution in [1.82, 2.24) is 10.2 Å². The highest BCUT2D eigenvalue weighted by atomic mass is 16.3. The summed E-state index contributed by atoms with van der Waals surface area (Å²) in [6.07, 6.45) is 3.51. The van der Waals surface area contributed by atoms with Crippen LogP contribution in [0.4, 0.5) is 0 Å². The molecule has 2 aromatic heterocycles. The first kappa shape index (κ1) is 10.6. The van der Waals surface area contributed by atoms with E-state index in [1.165, 1.54) is 0 Å². The maximum absolute atomic E-state index is 5.12. The van der Waals surface area contributed by atoms with Crippen molar-refractivity contribution in [2.45, 2.75) is 0 Å². The van der Waals surface area contributed by atoms with Crippen molar-refractivity contribution in [2.75, 3.05) is 0 Å². The highest BCUT2D eigenvalue weighted by Gasteiger charge is 1.89. The summed E-state index contributed by atoms with van der Waals surface area (Å²) in [6, 6.07) is 17.9. The van der Waals surface area contributed by atoms with Gasteiger partial charge in [0, 0.05) is 10.8 Å². The zero-order chi connectivity index (χ0) is 12.2. The van der Waals surface area contributed by atoms with Crippen molar-refractivity contribution in [2.24, 2.45) is 0 Å². The van der Waals surface area contributed by atoms with E-state index in [9.17, 15) is 0 Å². The molecule has 0 aliphatic heterocycles. The van der Waals surface area contributed by atoms with Crippen LogP contribution in [0.15, 0.2) is 71.5 Å². The lowest BCUT2D eigenvalue weighted by Gasteiger charge is -1.81. The first-order valence-corrected chi connectivity index (χ1v) is 5.74. The molecule has 0 bridgehead atoms. The number of nitrogens with zero attached hydrogens (tertiary/aromatic N) is 1. The molecule has 4 rings (SSSR count). The third kappa shape index (κ3) is 2.11. The number of rotatable bonds is 0. The molecule has 1 N–H and O–H groups in total. The molecular weight excluding hydrogens is 224 g/mol. The minimum absolute atomic E-state index is 0.956. The van der Waals surface area contributed by atoms with Gasteiger partial charge in [-0.05, 0) is 18.2 Å². The van der Waals surface area contributed by atoms with Crippen LogP contribution in [-0.2, 0) is 0 Å². The maximum atomic E-state index is 5.12. The van der Waals surface area contributed by atoms with E-state index in [0.29, 0.717) is 0 Å². The molecule has 2 heterocycles. The van der Waals surface area contributed by atoms with E-state index in [1.807, 2.05) is 60.8 Å². The molecule has 0 atom stereocenters. The van der Waals surface area contributed by atoms with Crippen molar-refractivity contribution in [3.8, 4) is 0 Å². The number of hydrogen-bond donors (Lipinski definition) is 1. The van der Waals surface area contributed by atoms with Gasteiger partial charge in [0.1, 0.15) is 5.58 Å². The Kier molecular flexibility index (Phi) is 2.80. The predicted octanol–water partition coefficient (Wildman–Crippen LogP) is 4.00. The number of benzene rings is 2. The number of H-pyrrole nitrogens is 1. The fourth-order valence-electron chi connectivity index (χ4n) is 1.79. The van der Waals surface area contributed by atoms with E-state index < -0.39 is 0 Å². The summed E-state index contributed by atoms with van der Waals surface area (Å²) in [5.41, 5.74) is 2.05. The molecule has 0 aliphatic carbocycles. The first-order chi connectivity index (χ1) is 8.93. The molecular formula is C15H12N2O. The molecule has 0 aliphatic rings. The summed E-state index contributed by atoms with van der Waals surface area (Å²) >= 11 is 0. The van der Waals surface area contributed by atoms with Gasteiger partial charge in [-0.3, -0.25) is 5.10 Å². The van der Waals surface area contributed by atoms with Gasteiger partial charge in [0.05, 0.1) is 18.0 Å². The molecule has 3 nitrogen and oxygen atoms in total. The average molecular weight is 236 g/mol. The fourth-order valence-corrected chi connectivity index (χ4v) is 1.79. The van der Waals surface area contributed by atoms with Crippen LogP contribution in [-0.4, -0.2) is 10.2 Å². The Bertz CT molecular complexity index is 628. The van der Waals surface area contributed by atoms with E-state index in [-0.39, 0.29) is 0 Å². The van der Waals surface area contributed by atoms with E-state index in [0.717, 1.165) is 21.9 Å². The SMILES string of the molecule is c1ccc2[nH]ncc2c1.c1ccc2occc2c1. The third-order valence-electron chi connectivity index (χ3n) is 2.71. The summed E-state index contributed by atoms with van der Waals surface area (Å²) in [5.74, 6) is 0. The third-order valence-corrected chi connectivity index (χ3v) is 2.71. The van der Waals surface area contributed by atoms with Crippen LogP contribution in [0.3, 0.4) is 0 Å². The lowest BCUT2D eigenvalue weighted by molar-refractivity contribution is 0.616. The zero-order valence-corrected chi connectivity index (χ0v) is 9.71. The Morgan fingerprint density at radius 2 is 1.61 bits per heavy atom. The summed E-state index contributed by atoms with van der Waals surface area (Å²) in [6.45, 7) is 0. The molecule has 88 valence electrons. The van der Waals surface area contributed by atoms with Gasteiger partial charge >= 0.3 is 0 Å². The second-order valence-electron chi connectivity index (χ2n) is 3.92. The topological polar surface area (TPSA) is 41.8 Å². The Morgan fingerprint density at radius 1 is 0.833 bits per heavy atom. The Morgan fingerprint density at radius 3 is 2.44 bits per heavy atom. The van der Waals surface area contributed by atoms with Crippen LogP contribution in [0, 0.1) is 0 Å². The number of hydrogen-bond acceptors (Lipinski definition) is 2. The van der Waals surface area contributed by atoms with Gasteiger partial charge < -0.3 is 4.42 Å². The quantitative estimate of drug-likeness (QED) is 0.501.